The second-order valence-electron chi connectivity index (χ2n) is 5.36. The third-order valence-corrected chi connectivity index (χ3v) is 5.37. The summed E-state index contributed by atoms with van der Waals surface area (Å²) in [5.74, 6) is 0.954. The van der Waals surface area contributed by atoms with Crippen LogP contribution < -0.4 is 10.1 Å². The number of amides is 1. The zero-order valence-electron chi connectivity index (χ0n) is 14.7. The van der Waals surface area contributed by atoms with Crippen molar-refractivity contribution in [3.8, 4) is 17.0 Å². The highest BCUT2D eigenvalue weighted by atomic mass is 32.2. The first-order chi connectivity index (χ1) is 12.6. The normalized spacial score (nSPS) is 10.7. The van der Waals surface area contributed by atoms with Crippen molar-refractivity contribution in [1.82, 2.24) is 19.7 Å². The van der Waals surface area contributed by atoms with Crippen LogP contribution in [0.25, 0.3) is 11.3 Å². The first-order valence-corrected chi connectivity index (χ1v) is 9.83. The number of hydrogen-bond acceptors (Lipinski definition) is 7. The fourth-order valence-corrected chi connectivity index (χ4v) is 3.86. The number of thioether (sulfide) groups is 1. The first kappa shape index (κ1) is 18.4. The van der Waals surface area contributed by atoms with Crippen molar-refractivity contribution in [2.45, 2.75) is 25.5 Å². The molecule has 136 valence electrons. The Morgan fingerprint density at radius 3 is 2.69 bits per heavy atom. The van der Waals surface area contributed by atoms with Gasteiger partial charge >= 0.3 is 0 Å². The molecule has 26 heavy (non-hydrogen) atoms. The Morgan fingerprint density at radius 1 is 1.31 bits per heavy atom. The van der Waals surface area contributed by atoms with Gasteiger partial charge in [0.25, 0.3) is 0 Å². The maximum Gasteiger partial charge on any atom is 0.236 e. The molecule has 0 aliphatic heterocycles. The number of nitrogens with zero attached hydrogens (tertiary/aromatic N) is 4. The van der Waals surface area contributed by atoms with E-state index in [-0.39, 0.29) is 11.7 Å². The topological polar surface area (TPSA) is 81.9 Å². The molecule has 0 aliphatic rings. The van der Waals surface area contributed by atoms with Gasteiger partial charge in [-0.25, -0.2) is 4.98 Å². The molecule has 0 spiro atoms. The molecule has 9 heteroatoms. The fraction of sp³-hybridized carbons (Fsp3) is 0.294. The number of ether oxygens (including phenoxy) is 1. The number of methoxy groups -OCH3 is 1. The highest BCUT2D eigenvalue weighted by Gasteiger charge is 2.14. The molecule has 2 heterocycles. The molecule has 0 radical (unpaired) electrons. The third kappa shape index (κ3) is 4.23. The van der Waals surface area contributed by atoms with E-state index in [0.29, 0.717) is 5.13 Å². The quantitative estimate of drug-likeness (QED) is 0.623. The van der Waals surface area contributed by atoms with Crippen LogP contribution in [-0.2, 0) is 11.3 Å². The van der Waals surface area contributed by atoms with Gasteiger partial charge in [0.15, 0.2) is 5.16 Å². The third-order valence-electron chi connectivity index (χ3n) is 3.63. The van der Waals surface area contributed by atoms with Crippen LogP contribution in [0.2, 0.25) is 0 Å². The summed E-state index contributed by atoms with van der Waals surface area (Å²) in [6, 6.07) is 7.85. The van der Waals surface area contributed by atoms with Crippen LogP contribution in [0.3, 0.4) is 0 Å². The van der Waals surface area contributed by atoms with Gasteiger partial charge < -0.3 is 9.30 Å². The van der Waals surface area contributed by atoms with Gasteiger partial charge in [-0.1, -0.05) is 23.1 Å². The lowest BCUT2D eigenvalue weighted by molar-refractivity contribution is -0.113. The predicted octanol–water partition coefficient (Wildman–Crippen LogP) is 3.47. The van der Waals surface area contributed by atoms with Gasteiger partial charge in [-0.2, -0.15) is 0 Å². The maximum atomic E-state index is 12.1. The van der Waals surface area contributed by atoms with Crippen LogP contribution in [-0.4, -0.2) is 38.5 Å². The number of imidazole rings is 1. The van der Waals surface area contributed by atoms with E-state index in [2.05, 4.69) is 32.0 Å². The average molecular weight is 390 g/mol. The minimum absolute atomic E-state index is 0.122. The van der Waals surface area contributed by atoms with Crippen molar-refractivity contribution in [2.24, 2.45) is 0 Å². The Morgan fingerprint density at radius 2 is 2.08 bits per heavy atom. The fourth-order valence-electron chi connectivity index (χ4n) is 2.40. The molecule has 3 rings (SSSR count). The molecular formula is C17H19N5O2S2. The molecule has 0 bridgehead atoms. The Labute approximate surface area is 159 Å². The van der Waals surface area contributed by atoms with E-state index in [1.165, 1.54) is 23.1 Å². The molecule has 2 aromatic heterocycles. The van der Waals surface area contributed by atoms with Gasteiger partial charge in [-0.3, -0.25) is 10.1 Å². The number of carbonyl (C=O) groups excluding carboxylic acids is 1. The molecule has 1 aromatic carbocycles. The number of nitrogens with one attached hydrogen (secondary N) is 1. The minimum Gasteiger partial charge on any atom is -0.497 e. The average Bonchev–Trinajstić information content (AvgIpc) is 3.25. The van der Waals surface area contributed by atoms with Gasteiger partial charge in [0.05, 0.1) is 24.8 Å². The molecule has 0 atom stereocenters. The zero-order chi connectivity index (χ0) is 18.5. The standard InChI is InChI=1S/C17H19N5O2S2/c1-4-22-14(12-5-7-13(24-3)8-6-12)9-18-17(22)25-10-15(23)19-16-21-20-11(2)26-16/h5-9H,4,10H2,1-3H3,(H,19,21,23). The number of aryl methyl sites for hydroxylation is 1. The van der Waals surface area contributed by atoms with E-state index in [9.17, 15) is 4.79 Å². The molecule has 0 saturated heterocycles. The lowest BCUT2D eigenvalue weighted by Gasteiger charge is -2.09. The van der Waals surface area contributed by atoms with Crippen molar-refractivity contribution in [1.29, 1.82) is 0 Å². The van der Waals surface area contributed by atoms with Crippen molar-refractivity contribution >= 4 is 34.1 Å². The predicted molar refractivity (Wildman–Crippen MR) is 104 cm³/mol. The Hall–Kier alpha value is -2.39. The Balaban J connectivity index is 1.68. The smallest absolute Gasteiger partial charge is 0.236 e. The molecule has 0 unspecified atom stereocenters. The van der Waals surface area contributed by atoms with Crippen LogP contribution in [0.5, 0.6) is 5.75 Å². The minimum atomic E-state index is -0.122. The van der Waals surface area contributed by atoms with Gasteiger partial charge in [0, 0.05) is 12.1 Å². The van der Waals surface area contributed by atoms with E-state index in [1.54, 1.807) is 7.11 Å². The summed E-state index contributed by atoms with van der Waals surface area (Å²) in [5, 5.41) is 12.7. The zero-order valence-corrected chi connectivity index (χ0v) is 16.4. The Kier molecular flexibility index (Phi) is 5.89. The van der Waals surface area contributed by atoms with Crippen LogP contribution in [0, 0.1) is 6.92 Å². The summed E-state index contributed by atoms with van der Waals surface area (Å²) in [6.07, 6.45) is 1.83. The van der Waals surface area contributed by atoms with E-state index in [1.807, 2.05) is 37.4 Å². The van der Waals surface area contributed by atoms with E-state index in [0.717, 1.165) is 33.7 Å². The highest BCUT2D eigenvalue weighted by Crippen LogP contribution is 2.27. The van der Waals surface area contributed by atoms with Crippen molar-refractivity contribution < 1.29 is 9.53 Å². The summed E-state index contributed by atoms with van der Waals surface area (Å²) in [5.41, 5.74) is 2.07. The van der Waals surface area contributed by atoms with E-state index >= 15 is 0 Å². The number of benzene rings is 1. The Bertz CT molecular complexity index is 889. The molecule has 0 aliphatic carbocycles. The lowest BCUT2D eigenvalue weighted by atomic mass is 10.1. The van der Waals surface area contributed by atoms with Gasteiger partial charge in [0.1, 0.15) is 10.8 Å². The molecule has 7 nitrogen and oxygen atoms in total. The van der Waals surface area contributed by atoms with Gasteiger partial charge in [-0.15, -0.1) is 10.2 Å². The number of aromatic nitrogens is 4. The van der Waals surface area contributed by atoms with Gasteiger partial charge in [-0.05, 0) is 38.1 Å². The SMILES string of the molecule is CCn1c(-c2ccc(OC)cc2)cnc1SCC(=O)Nc1nnc(C)s1. The molecule has 1 N–H and O–H groups in total. The second kappa shape index (κ2) is 8.33. The molecule has 3 aromatic rings. The summed E-state index contributed by atoms with van der Waals surface area (Å²) in [6.45, 7) is 4.67. The molecule has 1 amide bonds. The summed E-state index contributed by atoms with van der Waals surface area (Å²) < 4.78 is 7.29. The second-order valence-corrected chi connectivity index (χ2v) is 7.49. The molecular weight excluding hydrogens is 370 g/mol. The maximum absolute atomic E-state index is 12.1. The van der Waals surface area contributed by atoms with E-state index in [4.69, 9.17) is 4.74 Å². The number of anilines is 1. The van der Waals surface area contributed by atoms with Crippen LogP contribution in [0.4, 0.5) is 5.13 Å². The first-order valence-electron chi connectivity index (χ1n) is 8.03. The summed E-state index contributed by atoms with van der Waals surface area (Å²) in [4.78, 5) is 16.6. The lowest BCUT2D eigenvalue weighted by Crippen LogP contribution is -2.14. The van der Waals surface area contributed by atoms with Crippen molar-refractivity contribution in [3.05, 3.63) is 35.5 Å². The van der Waals surface area contributed by atoms with Crippen LogP contribution >= 0.6 is 23.1 Å². The number of carbonyl (C=O) groups is 1. The summed E-state index contributed by atoms with van der Waals surface area (Å²) >= 11 is 2.76. The highest BCUT2D eigenvalue weighted by molar-refractivity contribution is 7.99. The largest absolute Gasteiger partial charge is 0.497 e. The molecule has 0 fully saturated rings. The molecule has 0 saturated carbocycles. The number of hydrogen-bond donors (Lipinski definition) is 1. The van der Waals surface area contributed by atoms with Gasteiger partial charge in [0.2, 0.25) is 11.0 Å². The van der Waals surface area contributed by atoms with Crippen molar-refractivity contribution in [3.63, 3.8) is 0 Å². The number of rotatable bonds is 7. The summed E-state index contributed by atoms with van der Waals surface area (Å²) in [7, 11) is 1.65. The van der Waals surface area contributed by atoms with Crippen LogP contribution in [0.1, 0.15) is 11.9 Å². The van der Waals surface area contributed by atoms with E-state index < -0.39 is 0 Å². The van der Waals surface area contributed by atoms with Crippen molar-refractivity contribution in [2.75, 3.05) is 18.2 Å². The van der Waals surface area contributed by atoms with Crippen LogP contribution in [0.15, 0.2) is 35.6 Å². The monoisotopic (exact) mass is 389 g/mol.